The van der Waals surface area contributed by atoms with Crippen LogP contribution < -0.4 is 5.84 Å². The summed E-state index contributed by atoms with van der Waals surface area (Å²) in [6.07, 6.45) is 0.592. The van der Waals surface area contributed by atoms with E-state index in [1.807, 2.05) is 54.6 Å². The van der Waals surface area contributed by atoms with Crippen LogP contribution in [0.1, 0.15) is 11.4 Å². The fourth-order valence-electron chi connectivity index (χ4n) is 2.10. The van der Waals surface area contributed by atoms with Crippen LogP contribution in [0.2, 0.25) is 0 Å². The van der Waals surface area contributed by atoms with Gasteiger partial charge in [-0.15, -0.1) is 0 Å². The number of imidazole rings is 1. The Kier molecular flexibility index (Phi) is 2.98. The zero-order valence-electron chi connectivity index (χ0n) is 10.4. The molecule has 0 aliphatic carbocycles. The average Bonchev–Trinajstić information content (AvgIpc) is 2.88. The van der Waals surface area contributed by atoms with Gasteiger partial charge in [0.15, 0.2) is 0 Å². The van der Waals surface area contributed by atoms with Gasteiger partial charge in [-0.2, -0.15) is 5.10 Å². The SMILES string of the molecule is N/N=C(/Cc1nc2ccccc2[nH]1)c1ccccc1. The zero-order chi connectivity index (χ0) is 13.1. The third-order valence-corrected chi connectivity index (χ3v) is 3.04. The average molecular weight is 250 g/mol. The van der Waals surface area contributed by atoms with Crippen LogP contribution in [0.5, 0.6) is 0 Å². The number of hydrogen-bond acceptors (Lipinski definition) is 3. The van der Waals surface area contributed by atoms with Gasteiger partial charge in [-0.1, -0.05) is 42.5 Å². The molecule has 1 heterocycles. The third-order valence-electron chi connectivity index (χ3n) is 3.04. The summed E-state index contributed by atoms with van der Waals surface area (Å²) in [4.78, 5) is 7.82. The number of benzene rings is 2. The molecule has 0 bridgehead atoms. The van der Waals surface area contributed by atoms with Crippen molar-refractivity contribution in [2.24, 2.45) is 10.9 Å². The number of aromatic amines is 1. The Morgan fingerprint density at radius 3 is 2.53 bits per heavy atom. The number of H-pyrrole nitrogens is 1. The second-order valence-electron chi connectivity index (χ2n) is 4.32. The van der Waals surface area contributed by atoms with E-state index in [0.29, 0.717) is 6.42 Å². The summed E-state index contributed by atoms with van der Waals surface area (Å²) < 4.78 is 0. The lowest BCUT2D eigenvalue weighted by Gasteiger charge is -2.02. The van der Waals surface area contributed by atoms with Gasteiger partial charge in [0.2, 0.25) is 0 Å². The first kappa shape index (κ1) is 11.5. The molecule has 0 saturated carbocycles. The van der Waals surface area contributed by atoms with Crippen molar-refractivity contribution in [3.05, 3.63) is 66.0 Å². The largest absolute Gasteiger partial charge is 0.342 e. The van der Waals surface area contributed by atoms with Gasteiger partial charge in [-0.25, -0.2) is 4.98 Å². The van der Waals surface area contributed by atoms with E-state index >= 15 is 0 Å². The Balaban J connectivity index is 1.91. The topological polar surface area (TPSA) is 67.1 Å². The van der Waals surface area contributed by atoms with Gasteiger partial charge in [-0.3, -0.25) is 0 Å². The highest BCUT2D eigenvalue weighted by Gasteiger charge is 2.08. The monoisotopic (exact) mass is 250 g/mol. The maximum atomic E-state index is 5.49. The molecule has 0 spiro atoms. The molecule has 4 heteroatoms. The van der Waals surface area contributed by atoms with Gasteiger partial charge in [0.1, 0.15) is 5.82 Å². The Morgan fingerprint density at radius 2 is 1.79 bits per heavy atom. The first-order valence-corrected chi connectivity index (χ1v) is 6.12. The van der Waals surface area contributed by atoms with Crippen LogP contribution in [-0.4, -0.2) is 15.7 Å². The van der Waals surface area contributed by atoms with E-state index in [0.717, 1.165) is 28.1 Å². The van der Waals surface area contributed by atoms with Crippen molar-refractivity contribution in [1.29, 1.82) is 0 Å². The molecule has 3 N–H and O–H groups in total. The van der Waals surface area contributed by atoms with E-state index in [1.165, 1.54) is 0 Å². The number of aromatic nitrogens is 2. The van der Waals surface area contributed by atoms with Gasteiger partial charge >= 0.3 is 0 Å². The van der Waals surface area contributed by atoms with Crippen molar-refractivity contribution in [1.82, 2.24) is 9.97 Å². The predicted molar refractivity (Wildman–Crippen MR) is 77.0 cm³/mol. The summed E-state index contributed by atoms with van der Waals surface area (Å²) in [6.45, 7) is 0. The van der Waals surface area contributed by atoms with Crippen molar-refractivity contribution in [3.63, 3.8) is 0 Å². The molecule has 94 valence electrons. The molecule has 1 aromatic heterocycles. The number of nitrogens with zero attached hydrogens (tertiary/aromatic N) is 2. The van der Waals surface area contributed by atoms with Crippen molar-refractivity contribution in [3.8, 4) is 0 Å². The van der Waals surface area contributed by atoms with Crippen LogP contribution in [0.3, 0.4) is 0 Å². The second kappa shape index (κ2) is 4.94. The van der Waals surface area contributed by atoms with Gasteiger partial charge in [0.05, 0.1) is 23.2 Å². The molecule has 3 rings (SSSR count). The van der Waals surface area contributed by atoms with E-state index in [-0.39, 0.29) is 0 Å². The van der Waals surface area contributed by atoms with Crippen LogP contribution in [0.4, 0.5) is 0 Å². The minimum atomic E-state index is 0.592. The van der Waals surface area contributed by atoms with Crippen LogP contribution in [0.15, 0.2) is 59.7 Å². The highest BCUT2D eigenvalue weighted by molar-refractivity contribution is 6.01. The fraction of sp³-hybridized carbons (Fsp3) is 0.0667. The molecular weight excluding hydrogens is 236 g/mol. The van der Waals surface area contributed by atoms with E-state index in [2.05, 4.69) is 15.1 Å². The molecule has 0 amide bonds. The Morgan fingerprint density at radius 1 is 1.05 bits per heavy atom. The maximum absolute atomic E-state index is 5.49. The van der Waals surface area contributed by atoms with E-state index in [1.54, 1.807) is 0 Å². The van der Waals surface area contributed by atoms with E-state index < -0.39 is 0 Å². The Labute approximate surface area is 111 Å². The van der Waals surface area contributed by atoms with Gasteiger partial charge in [0.25, 0.3) is 0 Å². The first-order valence-electron chi connectivity index (χ1n) is 6.12. The number of rotatable bonds is 3. The van der Waals surface area contributed by atoms with Crippen molar-refractivity contribution >= 4 is 16.7 Å². The van der Waals surface area contributed by atoms with Crippen molar-refractivity contribution in [2.45, 2.75) is 6.42 Å². The minimum Gasteiger partial charge on any atom is -0.342 e. The highest BCUT2D eigenvalue weighted by atomic mass is 15.1. The van der Waals surface area contributed by atoms with Gasteiger partial charge < -0.3 is 10.8 Å². The maximum Gasteiger partial charge on any atom is 0.113 e. The number of fused-ring (bicyclic) bond motifs is 1. The Bertz CT molecular complexity index is 680. The molecule has 0 radical (unpaired) electrons. The predicted octanol–water partition coefficient (Wildman–Crippen LogP) is 2.47. The lowest BCUT2D eigenvalue weighted by molar-refractivity contribution is 1.08. The fourth-order valence-corrected chi connectivity index (χ4v) is 2.10. The molecule has 19 heavy (non-hydrogen) atoms. The summed E-state index contributed by atoms with van der Waals surface area (Å²) in [5, 5.41) is 3.88. The van der Waals surface area contributed by atoms with E-state index in [4.69, 9.17) is 5.84 Å². The molecule has 0 saturated heterocycles. The summed E-state index contributed by atoms with van der Waals surface area (Å²) in [5.41, 5.74) is 3.83. The number of hydrogen-bond donors (Lipinski definition) is 2. The number of para-hydroxylation sites is 2. The van der Waals surface area contributed by atoms with Gasteiger partial charge in [0, 0.05) is 0 Å². The molecule has 2 aromatic carbocycles. The number of nitrogens with one attached hydrogen (secondary N) is 1. The molecule has 0 fully saturated rings. The standard InChI is InChI=1S/C15H14N4/c16-19-14(11-6-2-1-3-7-11)10-15-17-12-8-4-5-9-13(12)18-15/h1-9H,10,16H2,(H,17,18)/b19-14-. The van der Waals surface area contributed by atoms with Crippen LogP contribution >= 0.6 is 0 Å². The molecule has 0 unspecified atom stereocenters. The summed E-state index contributed by atoms with van der Waals surface area (Å²) in [7, 11) is 0. The zero-order valence-corrected chi connectivity index (χ0v) is 10.4. The lowest BCUT2D eigenvalue weighted by atomic mass is 10.1. The Hall–Kier alpha value is -2.62. The highest BCUT2D eigenvalue weighted by Crippen LogP contribution is 2.12. The third kappa shape index (κ3) is 2.33. The minimum absolute atomic E-state index is 0.592. The summed E-state index contributed by atoms with van der Waals surface area (Å²) in [5.74, 6) is 6.36. The van der Waals surface area contributed by atoms with Gasteiger partial charge in [-0.05, 0) is 17.7 Å². The van der Waals surface area contributed by atoms with Crippen LogP contribution in [-0.2, 0) is 6.42 Å². The van der Waals surface area contributed by atoms with Crippen LogP contribution in [0.25, 0.3) is 11.0 Å². The quantitative estimate of drug-likeness (QED) is 0.426. The smallest absolute Gasteiger partial charge is 0.113 e. The molecule has 3 aromatic rings. The molecule has 0 atom stereocenters. The van der Waals surface area contributed by atoms with Crippen LogP contribution in [0, 0.1) is 0 Å². The summed E-state index contributed by atoms with van der Waals surface area (Å²) in [6, 6.07) is 17.9. The second-order valence-corrected chi connectivity index (χ2v) is 4.32. The summed E-state index contributed by atoms with van der Waals surface area (Å²) >= 11 is 0. The van der Waals surface area contributed by atoms with E-state index in [9.17, 15) is 0 Å². The first-order chi connectivity index (χ1) is 9.36. The molecule has 0 aliphatic rings. The number of nitrogens with two attached hydrogens (primary N) is 1. The van der Waals surface area contributed by atoms with Crippen molar-refractivity contribution < 1.29 is 0 Å². The lowest BCUT2D eigenvalue weighted by Crippen LogP contribution is -2.09. The van der Waals surface area contributed by atoms with Crippen molar-refractivity contribution in [2.75, 3.05) is 0 Å². The molecular formula is C15H14N4. The normalized spacial score (nSPS) is 11.9. The number of hydrazone groups is 1. The molecule has 0 aliphatic heterocycles. The molecule has 4 nitrogen and oxygen atoms in total.